The Hall–Kier alpha value is -1.46. The van der Waals surface area contributed by atoms with Gasteiger partial charge in [0.2, 0.25) is 0 Å². The SMILES string of the molecule is CC(C)C(Nc1cc(C(N)=S)ccn1)c1cccs1. The molecule has 1 unspecified atom stereocenters. The summed E-state index contributed by atoms with van der Waals surface area (Å²) in [5.74, 6) is 1.27. The van der Waals surface area contributed by atoms with Crippen LogP contribution in [-0.4, -0.2) is 9.97 Å². The third-order valence-electron chi connectivity index (χ3n) is 2.86. The minimum absolute atomic E-state index is 0.245. The van der Waals surface area contributed by atoms with E-state index in [1.165, 1.54) is 4.88 Å². The quantitative estimate of drug-likeness (QED) is 0.827. The zero-order valence-electron chi connectivity index (χ0n) is 11.0. The highest BCUT2D eigenvalue weighted by Gasteiger charge is 2.17. The second kappa shape index (κ2) is 6.12. The highest BCUT2D eigenvalue weighted by molar-refractivity contribution is 7.80. The van der Waals surface area contributed by atoms with Crippen LogP contribution in [0.4, 0.5) is 5.82 Å². The Morgan fingerprint density at radius 2 is 2.21 bits per heavy atom. The number of nitrogens with zero attached hydrogens (tertiary/aromatic N) is 1. The Morgan fingerprint density at radius 3 is 2.79 bits per heavy atom. The van der Waals surface area contributed by atoms with E-state index in [1.807, 2.05) is 12.1 Å². The second-order valence-electron chi connectivity index (χ2n) is 4.68. The van der Waals surface area contributed by atoms with Crippen molar-refractivity contribution in [1.29, 1.82) is 0 Å². The number of hydrogen-bond acceptors (Lipinski definition) is 4. The van der Waals surface area contributed by atoms with Gasteiger partial charge in [0.25, 0.3) is 0 Å². The van der Waals surface area contributed by atoms with E-state index in [1.54, 1.807) is 17.5 Å². The number of thiophene rings is 1. The highest BCUT2D eigenvalue weighted by atomic mass is 32.1. The molecular formula is C14H17N3S2. The van der Waals surface area contributed by atoms with E-state index in [2.05, 4.69) is 41.7 Å². The Labute approximate surface area is 122 Å². The third kappa shape index (κ3) is 3.52. The van der Waals surface area contributed by atoms with Crippen LogP contribution < -0.4 is 11.1 Å². The van der Waals surface area contributed by atoms with Crippen molar-refractivity contribution in [2.45, 2.75) is 19.9 Å². The molecule has 3 nitrogen and oxygen atoms in total. The van der Waals surface area contributed by atoms with Gasteiger partial charge in [-0.15, -0.1) is 11.3 Å². The molecule has 0 amide bonds. The van der Waals surface area contributed by atoms with Crippen molar-refractivity contribution in [3.05, 3.63) is 46.3 Å². The predicted molar refractivity (Wildman–Crippen MR) is 85.6 cm³/mol. The molecule has 0 bridgehead atoms. The lowest BCUT2D eigenvalue weighted by molar-refractivity contribution is 0.552. The van der Waals surface area contributed by atoms with Gasteiger partial charge in [-0.05, 0) is 29.5 Å². The van der Waals surface area contributed by atoms with Gasteiger partial charge in [0.15, 0.2) is 0 Å². The average Bonchev–Trinajstić information content (AvgIpc) is 2.89. The number of nitrogens with two attached hydrogens (primary N) is 1. The minimum atomic E-state index is 0.245. The van der Waals surface area contributed by atoms with Crippen LogP contribution >= 0.6 is 23.6 Å². The first-order valence-electron chi connectivity index (χ1n) is 6.13. The zero-order chi connectivity index (χ0) is 13.8. The molecule has 0 saturated heterocycles. The fraction of sp³-hybridized carbons (Fsp3) is 0.286. The van der Waals surface area contributed by atoms with Crippen molar-refractivity contribution in [2.75, 3.05) is 5.32 Å². The van der Waals surface area contributed by atoms with E-state index in [0.717, 1.165) is 11.4 Å². The van der Waals surface area contributed by atoms with Crippen LogP contribution in [0.3, 0.4) is 0 Å². The molecule has 100 valence electrons. The molecule has 0 aliphatic heterocycles. The maximum atomic E-state index is 5.65. The second-order valence-corrected chi connectivity index (χ2v) is 6.09. The van der Waals surface area contributed by atoms with Gasteiger partial charge >= 0.3 is 0 Å². The number of nitrogens with one attached hydrogen (secondary N) is 1. The maximum absolute atomic E-state index is 5.65. The summed E-state index contributed by atoms with van der Waals surface area (Å²) in [7, 11) is 0. The van der Waals surface area contributed by atoms with Crippen molar-refractivity contribution in [3.63, 3.8) is 0 Å². The summed E-state index contributed by atoms with van der Waals surface area (Å²) >= 11 is 6.74. The van der Waals surface area contributed by atoms with Gasteiger partial charge in [0.05, 0.1) is 6.04 Å². The van der Waals surface area contributed by atoms with Gasteiger partial charge in [-0.2, -0.15) is 0 Å². The Kier molecular flexibility index (Phi) is 4.50. The predicted octanol–water partition coefficient (Wildman–Crippen LogP) is 3.59. The summed E-state index contributed by atoms with van der Waals surface area (Å²) in [4.78, 5) is 6.03. The van der Waals surface area contributed by atoms with Crippen LogP contribution in [0.5, 0.6) is 0 Å². The topological polar surface area (TPSA) is 50.9 Å². The molecule has 0 aromatic carbocycles. The van der Waals surface area contributed by atoms with Crippen LogP contribution in [0, 0.1) is 5.92 Å². The number of hydrogen-bond donors (Lipinski definition) is 2. The molecule has 5 heteroatoms. The van der Waals surface area contributed by atoms with Crippen molar-refractivity contribution in [3.8, 4) is 0 Å². The summed E-state index contributed by atoms with van der Waals surface area (Å²) in [5, 5.41) is 5.55. The third-order valence-corrected chi connectivity index (χ3v) is 4.06. The summed E-state index contributed by atoms with van der Waals surface area (Å²) in [6, 6.07) is 8.17. The van der Waals surface area contributed by atoms with Crippen LogP contribution in [0.15, 0.2) is 35.8 Å². The number of rotatable bonds is 5. The molecule has 0 radical (unpaired) electrons. The first-order valence-corrected chi connectivity index (χ1v) is 7.42. The Bertz CT molecular complexity index is 550. The Morgan fingerprint density at radius 1 is 1.42 bits per heavy atom. The van der Waals surface area contributed by atoms with Crippen molar-refractivity contribution in [1.82, 2.24) is 4.98 Å². The molecule has 2 heterocycles. The van der Waals surface area contributed by atoms with Crippen LogP contribution in [0.25, 0.3) is 0 Å². The van der Waals surface area contributed by atoms with Gasteiger partial charge in [-0.25, -0.2) is 4.98 Å². The average molecular weight is 291 g/mol. The molecule has 2 rings (SSSR count). The number of aromatic nitrogens is 1. The summed E-state index contributed by atoms with van der Waals surface area (Å²) in [6.07, 6.45) is 1.72. The van der Waals surface area contributed by atoms with E-state index >= 15 is 0 Å². The lowest BCUT2D eigenvalue weighted by Gasteiger charge is -2.22. The van der Waals surface area contributed by atoms with Gasteiger partial charge in [0.1, 0.15) is 10.8 Å². The molecule has 1 atom stereocenters. The molecular weight excluding hydrogens is 274 g/mol. The molecule has 2 aromatic heterocycles. The monoisotopic (exact) mass is 291 g/mol. The zero-order valence-corrected chi connectivity index (χ0v) is 12.6. The smallest absolute Gasteiger partial charge is 0.127 e. The lowest BCUT2D eigenvalue weighted by atomic mass is 10.0. The molecule has 2 aromatic rings. The maximum Gasteiger partial charge on any atom is 0.127 e. The molecule has 0 fully saturated rings. The van der Waals surface area contributed by atoms with Gasteiger partial charge < -0.3 is 11.1 Å². The highest BCUT2D eigenvalue weighted by Crippen LogP contribution is 2.29. The summed E-state index contributed by atoms with van der Waals surface area (Å²) < 4.78 is 0. The molecule has 0 saturated carbocycles. The Balaban J connectivity index is 2.22. The summed E-state index contributed by atoms with van der Waals surface area (Å²) in [6.45, 7) is 4.38. The minimum Gasteiger partial charge on any atom is -0.389 e. The molecule has 0 aliphatic carbocycles. The van der Waals surface area contributed by atoms with Gasteiger partial charge in [-0.1, -0.05) is 32.1 Å². The molecule has 0 spiro atoms. The molecule has 19 heavy (non-hydrogen) atoms. The number of pyridine rings is 1. The first-order chi connectivity index (χ1) is 9.08. The summed E-state index contributed by atoms with van der Waals surface area (Å²) in [5.41, 5.74) is 6.48. The number of anilines is 1. The van der Waals surface area contributed by atoms with E-state index in [0.29, 0.717) is 10.9 Å². The van der Waals surface area contributed by atoms with Gasteiger partial charge in [-0.3, -0.25) is 0 Å². The molecule has 0 aliphatic rings. The van der Waals surface area contributed by atoms with Crippen LogP contribution in [-0.2, 0) is 0 Å². The first kappa shape index (κ1) is 14.0. The van der Waals surface area contributed by atoms with E-state index in [4.69, 9.17) is 18.0 Å². The van der Waals surface area contributed by atoms with E-state index in [9.17, 15) is 0 Å². The van der Waals surface area contributed by atoms with Gasteiger partial charge in [0, 0.05) is 16.6 Å². The van der Waals surface area contributed by atoms with E-state index in [-0.39, 0.29) is 6.04 Å². The van der Waals surface area contributed by atoms with E-state index < -0.39 is 0 Å². The molecule has 3 N–H and O–H groups in total. The van der Waals surface area contributed by atoms with Crippen LogP contribution in [0.1, 0.15) is 30.3 Å². The standard InChI is InChI=1S/C14H17N3S2/c1-9(2)13(11-4-3-7-19-11)17-12-8-10(14(15)18)5-6-16-12/h3-9,13H,1-2H3,(H2,15,18)(H,16,17). The van der Waals surface area contributed by atoms with Crippen LogP contribution in [0.2, 0.25) is 0 Å². The fourth-order valence-corrected chi connectivity index (χ4v) is 2.93. The largest absolute Gasteiger partial charge is 0.389 e. The van der Waals surface area contributed by atoms with Crippen molar-refractivity contribution >= 4 is 34.4 Å². The fourth-order valence-electron chi connectivity index (χ4n) is 1.86. The normalized spacial score (nSPS) is 12.4. The lowest BCUT2D eigenvalue weighted by Crippen LogP contribution is -2.17. The number of thiocarbonyl (C=S) groups is 1. The van der Waals surface area contributed by atoms with Crippen molar-refractivity contribution in [2.24, 2.45) is 11.7 Å². The van der Waals surface area contributed by atoms with Crippen molar-refractivity contribution < 1.29 is 0 Å².